The lowest BCUT2D eigenvalue weighted by atomic mass is 10.2. The lowest BCUT2D eigenvalue weighted by molar-refractivity contribution is -0.106. The minimum Gasteiger partial charge on any atom is -0.338 e. The largest absolute Gasteiger partial charge is 0.338 e. The van der Waals surface area contributed by atoms with Crippen LogP contribution in [0.5, 0.6) is 0 Å². The quantitative estimate of drug-likeness (QED) is 0.506. The second kappa shape index (κ2) is 6.85. The van der Waals surface area contributed by atoms with E-state index in [0.29, 0.717) is 22.2 Å². The molecule has 7 heteroatoms. The van der Waals surface area contributed by atoms with E-state index in [1.807, 2.05) is 24.3 Å². The molecule has 2 aromatic carbocycles. The van der Waals surface area contributed by atoms with Gasteiger partial charge in [-0.2, -0.15) is 5.10 Å². The number of benzene rings is 2. The molecule has 0 radical (unpaired) electrons. The number of hydrogen-bond acceptors (Lipinski definition) is 4. The van der Waals surface area contributed by atoms with Gasteiger partial charge < -0.3 is 5.32 Å². The molecule has 0 saturated carbocycles. The summed E-state index contributed by atoms with van der Waals surface area (Å²) >= 11 is 5.94. The summed E-state index contributed by atoms with van der Waals surface area (Å²) in [7, 11) is 0. The minimum absolute atomic E-state index is 0.563. The predicted octanol–water partition coefficient (Wildman–Crippen LogP) is 4.65. The molecular formula is C19H14ClN5O. The molecule has 0 atom stereocenters. The normalized spacial score (nSPS) is 10.7. The molecule has 0 aliphatic rings. The minimum atomic E-state index is 0.563. The highest BCUT2D eigenvalue weighted by molar-refractivity contribution is 6.30. The molecule has 1 amide bonds. The Morgan fingerprint density at radius 2 is 1.96 bits per heavy atom. The number of fused-ring (bicyclic) bond motifs is 1. The highest BCUT2D eigenvalue weighted by atomic mass is 35.5. The molecule has 6 nitrogen and oxygen atoms in total. The maximum absolute atomic E-state index is 11.8. The fourth-order valence-electron chi connectivity index (χ4n) is 2.70. The molecule has 2 aromatic heterocycles. The highest BCUT2D eigenvalue weighted by Gasteiger charge is 2.14. The maximum Gasteiger partial charge on any atom is 0.218 e. The van der Waals surface area contributed by atoms with Crippen LogP contribution in [0.25, 0.3) is 10.9 Å². The lowest BCUT2D eigenvalue weighted by Crippen LogP contribution is -2.16. The molecule has 0 spiro atoms. The Balaban J connectivity index is 1.71. The van der Waals surface area contributed by atoms with Crippen LogP contribution >= 0.6 is 11.6 Å². The fourth-order valence-corrected chi connectivity index (χ4v) is 2.82. The van der Waals surface area contributed by atoms with E-state index in [4.69, 9.17) is 11.6 Å². The molecule has 2 heterocycles. The molecule has 26 heavy (non-hydrogen) atoms. The number of H-pyrrole nitrogens is 1. The van der Waals surface area contributed by atoms with Crippen LogP contribution in [0.1, 0.15) is 0 Å². The van der Waals surface area contributed by atoms with E-state index in [-0.39, 0.29) is 0 Å². The monoisotopic (exact) mass is 363 g/mol. The Kier molecular flexibility index (Phi) is 4.25. The van der Waals surface area contributed by atoms with Gasteiger partial charge in [-0.15, -0.1) is 0 Å². The standard InChI is InChI=1S/C19H14ClN5O/c20-14-4-7-16(8-5-14)25(12-26)18-2-1-9-21-19(18)23-15-6-3-13-11-22-24-17(13)10-15/h1-12H,(H,21,23)(H,22,24). The van der Waals surface area contributed by atoms with E-state index in [1.54, 1.807) is 42.7 Å². The van der Waals surface area contributed by atoms with Crippen LogP contribution in [0.3, 0.4) is 0 Å². The van der Waals surface area contributed by atoms with Gasteiger partial charge >= 0.3 is 0 Å². The average molecular weight is 364 g/mol. The summed E-state index contributed by atoms with van der Waals surface area (Å²) < 4.78 is 0. The second-order valence-corrected chi connectivity index (χ2v) is 6.06. The second-order valence-electron chi connectivity index (χ2n) is 5.62. The zero-order valence-corrected chi connectivity index (χ0v) is 14.3. The number of pyridine rings is 1. The van der Waals surface area contributed by atoms with Crippen molar-refractivity contribution in [1.29, 1.82) is 0 Å². The number of nitrogens with one attached hydrogen (secondary N) is 2. The Morgan fingerprint density at radius 1 is 1.12 bits per heavy atom. The van der Waals surface area contributed by atoms with E-state index in [0.717, 1.165) is 23.0 Å². The first-order valence-corrected chi connectivity index (χ1v) is 8.28. The Labute approximate surface area is 154 Å². The third-order valence-electron chi connectivity index (χ3n) is 3.96. The number of amides is 1. The first-order valence-electron chi connectivity index (χ1n) is 7.90. The predicted molar refractivity (Wildman–Crippen MR) is 103 cm³/mol. The Hall–Kier alpha value is -3.38. The van der Waals surface area contributed by atoms with Crippen molar-refractivity contribution >= 4 is 51.8 Å². The zero-order valence-electron chi connectivity index (χ0n) is 13.6. The number of rotatable bonds is 5. The third-order valence-corrected chi connectivity index (χ3v) is 4.21. The molecule has 0 aliphatic heterocycles. The first-order chi connectivity index (χ1) is 12.7. The summed E-state index contributed by atoms with van der Waals surface area (Å²) in [6.45, 7) is 0. The van der Waals surface area contributed by atoms with Crippen molar-refractivity contribution in [3.63, 3.8) is 0 Å². The summed E-state index contributed by atoms with van der Waals surface area (Å²) in [6.07, 6.45) is 4.19. The first kappa shape index (κ1) is 16.1. The number of aromatic amines is 1. The SMILES string of the molecule is O=CN(c1ccc(Cl)cc1)c1cccnc1Nc1ccc2cn[nH]c2c1. The molecule has 0 fully saturated rings. The molecule has 4 aromatic rings. The zero-order chi connectivity index (χ0) is 17.9. The van der Waals surface area contributed by atoms with Gasteiger partial charge in [0.1, 0.15) is 0 Å². The molecule has 2 N–H and O–H groups in total. The van der Waals surface area contributed by atoms with E-state index >= 15 is 0 Å². The topological polar surface area (TPSA) is 73.9 Å². The van der Waals surface area contributed by atoms with E-state index in [2.05, 4.69) is 20.5 Å². The lowest BCUT2D eigenvalue weighted by Gasteiger charge is -2.20. The maximum atomic E-state index is 11.8. The van der Waals surface area contributed by atoms with Crippen molar-refractivity contribution in [3.8, 4) is 0 Å². The van der Waals surface area contributed by atoms with Gasteiger partial charge in [-0.25, -0.2) is 4.98 Å². The number of aromatic nitrogens is 3. The van der Waals surface area contributed by atoms with Gasteiger partial charge in [-0.05, 0) is 54.6 Å². The average Bonchev–Trinajstić information content (AvgIpc) is 3.13. The fraction of sp³-hybridized carbons (Fsp3) is 0. The molecule has 0 unspecified atom stereocenters. The van der Waals surface area contributed by atoms with Crippen LogP contribution in [-0.2, 0) is 4.79 Å². The van der Waals surface area contributed by atoms with Crippen LogP contribution < -0.4 is 10.2 Å². The van der Waals surface area contributed by atoms with Gasteiger partial charge in [0.05, 0.1) is 17.4 Å². The van der Waals surface area contributed by atoms with Gasteiger partial charge in [-0.3, -0.25) is 14.8 Å². The molecule has 4 rings (SSSR count). The smallest absolute Gasteiger partial charge is 0.218 e. The van der Waals surface area contributed by atoms with Crippen molar-refractivity contribution in [3.05, 3.63) is 72.0 Å². The van der Waals surface area contributed by atoms with Gasteiger partial charge in [0.25, 0.3) is 0 Å². The molecule has 0 bridgehead atoms. The van der Waals surface area contributed by atoms with Crippen LogP contribution in [0.4, 0.5) is 22.9 Å². The van der Waals surface area contributed by atoms with Crippen molar-refractivity contribution in [2.75, 3.05) is 10.2 Å². The van der Waals surface area contributed by atoms with Crippen LogP contribution in [0.2, 0.25) is 5.02 Å². The summed E-state index contributed by atoms with van der Waals surface area (Å²) in [5.41, 5.74) is 3.08. The Bertz CT molecular complexity index is 1060. The Morgan fingerprint density at radius 3 is 2.77 bits per heavy atom. The summed E-state index contributed by atoms with van der Waals surface area (Å²) in [5.74, 6) is 0.563. The molecule has 0 saturated heterocycles. The van der Waals surface area contributed by atoms with E-state index in [9.17, 15) is 4.79 Å². The third kappa shape index (κ3) is 3.10. The van der Waals surface area contributed by atoms with Gasteiger partial charge in [-0.1, -0.05) is 11.6 Å². The number of halogens is 1. The van der Waals surface area contributed by atoms with Crippen molar-refractivity contribution in [2.45, 2.75) is 0 Å². The summed E-state index contributed by atoms with van der Waals surface area (Å²) in [5, 5.41) is 11.9. The number of carbonyl (C=O) groups excluding carboxylic acids is 1. The summed E-state index contributed by atoms with van der Waals surface area (Å²) in [4.78, 5) is 17.7. The van der Waals surface area contributed by atoms with E-state index in [1.165, 1.54) is 4.90 Å². The van der Waals surface area contributed by atoms with Crippen LogP contribution in [-0.4, -0.2) is 21.6 Å². The number of anilines is 4. The summed E-state index contributed by atoms with van der Waals surface area (Å²) in [6, 6.07) is 16.5. The number of nitrogens with zero attached hydrogens (tertiary/aromatic N) is 3. The van der Waals surface area contributed by atoms with Crippen molar-refractivity contribution in [1.82, 2.24) is 15.2 Å². The number of carbonyl (C=O) groups is 1. The highest BCUT2D eigenvalue weighted by Crippen LogP contribution is 2.32. The molecular weight excluding hydrogens is 350 g/mol. The van der Waals surface area contributed by atoms with Gasteiger partial charge in [0.15, 0.2) is 5.82 Å². The number of hydrogen-bond donors (Lipinski definition) is 2. The van der Waals surface area contributed by atoms with Gasteiger partial charge in [0.2, 0.25) is 6.41 Å². The van der Waals surface area contributed by atoms with Crippen molar-refractivity contribution in [2.24, 2.45) is 0 Å². The van der Waals surface area contributed by atoms with Crippen molar-refractivity contribution < 1.29 is 4.79 Å². The van der Waals surface area contributed by atoms with Gasteiger partial charge in [0, 0.05) is 28.0 Å². The van der Waals surface area contributed by atoms with E-state index < -0.39 is 0 Å². The molecule has 0 aliphatic carbocycles. The van der Waals surface area contributed by atoms with Crippen LogP contribution in [0, 0.1) is 0 Å². The molecule has 128 valence electrons. The van der Waals surface area contributed by atoms with Crippen LogP contribution in [0.15, 0.2) is 67.0 Å².